The molecule has 0 rings (SSSR count). The fourth-order valence-electron chi connectivity index (χ4n) is 1.52. The van der Waals surface area contributed by atoms with Crippen molar-refractivity contribution in [2.45, 2.75) is 46.4 Å². The lowest BCUT2D eigenvalue weighted by Gasteiger charge is -2.30. The fraction of sp³-hybridized carbons (Fsp3) is 0.909. The number of esters is 1. The first-order chi connectivity index (χ1) is 6.29. The molecule has 0 saturated heterocycles. The summed E-state index contributed by atoms with van der Waals surface area (Å²) in [6, 6.07) is 0. The second-order valence-electron chi connectivity index (χ2n) is 5.30. The van der Waals surface area contributed by atoms with Crippen LogP contribution in [-0.2, 0) is 9.53 Å². The molecule has 82 valence electrons. The van der Waals surface area contributed by atoms with Gasteiger partial charge in [-0.25, -0.2) is 0 Å². The number of ether oxygens (including phenoxy) is 1. The molecule has 0 bridgehead atoms. The molecule has 0 N–H and O–H groups in total. The number of hydrogen-bond acceptors (Lipinski definition) is 2. The van der Waals surface area contributed by atoms with E-state index in [4.69, 9.17) is 4.74 Å². The van der Waals surface area contributed by atoms with E-state index in [0.29, 0.717) is 12.5 Å². The van der Waals surface area contributed by atoms with Crippen molar-refractivity contribution in [1.82, 2.24) is 0 Å². The Balaban J connectivity index is 4.47. The van der Waals surface area contributed by atoms with E-state index in [1.54, 1.807) is 0 Å². The van der Waals surface area contributed by atoms with E-state index < -0.39 is 0 Å². The van der Waals surface area contributed by atoms with Crippen LogP contribution in [0, 0.1) is 11.8 Å². The molecular weight excluding hydrogens is 175 g/mol. The van der Waals surface area contributed by atoms with Gasteiger partial charge in [0, 0.05) is 0 Å². The summed E-state index contributed by atoms with van der Waals surface area (Å²) in [6.07, 6.45) is 0.905. The van der Waals surface area contributed by atoms with Gasteiger partial charge in [0.1, 0.15) is 7.85 Å². The van der Waals surface area contributed by atoms with Crippen molar-refractivity contribution in [3.8, 4) is 0 Å². The van der Waals surface area contributed by atoms with Crippen LogP contribution in [0.5, 0.6) is 0 Å². The molecule has 0 saturated carbocycles. The van der Waals surface area contributed by atoms with Gasteiger partial charge >= 0.3 is 5.97 Å². The quantitative estimate of drug-likeness (QED) is 0.499. The third kappa shape index (κ3) is 4.68. The summed E-state index contributed by atoms with van der Waals surface area (Å²) < 4.78 is 5.09. The highest BCUT2D eigenvalue weighted by Gasteiger charge is 2.32. The van der Waals surface area contributed by atoms with Crippen molar-refractivity contribution in [3.63, 3.8) is 0 Å². The molecule has 1 unspecified atom stereocenters. The van der Waals surface area contributed by atoms with Crippen LogP contribution in [0.2, 0.25) is 5.31 Å². The number of carbonyl (C=O) groups is 1. The second-order valence-corrected chi connectivity index (χ2v) is 5.30. The zero-order valence-corrected chi connectivity index (χ0v) is 10.4. The highest BCUT2D eigenvalue weighted by atomic mass is 16.5. The standard InChI is InChI=1S/C11H23BO2/c1-6-14-10(13)9(7-8(2)3)11(4,5)12/h8-9H,6-7,12H2,1-5H3. The number of carbonyl (C=O) groups excluding carboxylic acids is 1. The zero-order valence-electron chi connectivity index (χ0n) is 10.4. The largest absolute Gasteiger partial charge is 0.466 e. The predicted octanol–water partition coefficient (Wildman–Crippen LogP) is 2.04. The van der Waals surface area contributed by atoms with Crippen LogP contribution < -0.4 is 0 Å². The van der Waals surface area contributed by atoms with Crippen LogP contribution in [0.4, 0.5) is 0 Å². The fourth-order valence-corrected chi connectivity index (χ4v) is 1.52. The minimum atomic E-state index is -0.0475. The maximum absolute atomic E-state index is 11.7. The highest BCUT2D eigenvalue weighted by molar-refractivity contribution is 6.16. The Hall–Kier alpha value is -0.465. The van der Waals surface area contributed by atoms with Gasteiger partial charge in [-0.1, -0.05) is 33.0 Å². The van der Waals surface area contributed by atoms with Crippen LogP contribution in [0.3, 0.4) is 0 Å². The summed E-state index contributed by atoms with van der Waals surface area (Å²) in [5.41, 5.74) is 0. The number of hydrogen-bond donors (Lipinski definition) is 0. The molecule has 0 fully saturated rings. The van der Waals surface area contributed by atoms with Gasteiger partial charge in [-0.3, -0.25) is 4.79 Å². The van der Waals surface area contributed by atoms with E-state index in [2.05, 4.69) is 35.5 Å². The summed E-state index contributed by atoms with van der Waals surface area (Å²) in [5.74, 6) is 0.500. The molecule has 0 heterocycles. The van der Waals surface area contributed by atoms with Gasteiger partial charge in [0.2, 0.25) is 0 Å². The van der Waals surface area contributed by atoms with E-state index in [1.807, 2.05) is 6.92 Å². The average molecular weight is 198 g/mol. The van der Waals surface area contributed by atoms with Crippen molar-refractivity contribution in [2.24, 2.45) is 11.8 Å². The molecule has 0 amide bonds. The molecule has 0 spiro atoms. The zero-order chi connectivity index (χ0) is 11.4. The maximum Gasteiger partial charge on any atom is 0.308 e. The molecule has 0 aromatic rings. The molecular formula is C11H23BO2. The third-order valence-electron chi connectivity index (χ3n) is 2.32. The lowest BCUT2D eigenvalue weighted by Crippen LogP contribution is -2.29. The Labute approximate surface area is 88.8 Å². The van der Waals surface area contributed by atoms with Crippen molar-refractivity contribution < 1.29 is 9.53 Å². The minimum Gasteiger partial charge on any atom is -0.466 e. The van der Waals surface area contributed by atoms with E-state index in [1.165, 1.54) is 0 Å². The molecule has 0 radical (unpaired) electrons. The lowest BCUT2D eigenvalue weighted by atomic mass is 9.61. The van der Waals surface area contributed by atoms with Crippen LogP contribution in [0.1, 0.15) is 41.0 Å². The van der Waals surface area contributed by atoms with Crippen LogP contribution in [-0.4, -0.2) is 20.4 Å². The summed E-state index contributed by atoms with van der Waals surface area (Å²) in [6.45, 7) is 10.8. The van der Waals surface area contributed by atoms with Gasteiger partial charge in [0.15, 0.2) is 0 Å². The SMILES string of the molecule is BC(C)(C)C(CC(C)C)C(=O)OCC. The Morgan fingerprint density at radius 1 is 1.43 bits per heavy atom. The van der Waals surface area contributed by atoms with Crippen LogP contribution >= 0.6 is 0 Å². The summed E-state index contributed by atoms with van der Waals surface area (Å²) in [4.78, 5) is 11.7. The van der Waals surface area contributed by atoms with Crippen LogP contribution in [0.25, 0.3) is 0 Å². The van der Waals surface area contributed by atoms with Gasteiger partial charge in [0.25, 0.3) is 0 Å². The predicted molar refractivity (Wildman–Crippen MR) is 62.2 cm³/mol. The van der Waals surface area contributed by atoms with Gasteiger partial charge in [0.05, 0.1) is 12.5 Å². The molecule has 0 aliphatic carbocycles. The monoisotopic (exact) mass is 198 g/mol. The molecule has 1 atom stereocenters. The molecule has 0 aromatic carbocycles. The van der Waals surface area contributed by atoms with Gasteiger partial charge in [-0.2, -0.15) is 0 Å². The van der Waals surface area contributed by atoms with Gasteiger partial charge in [-0.05, 0) is 19.3 Å². The Morgan fingerprint density at radius 3 is 2.21 bits per heavy atom. The van der Waals surface area contributed by atoms with E-state index in [0.717, 1.165) is 6.42 Å². The number of rotatable bonds is 5. The smallest absolute Gasteiger partial charge is 0.308 e. The minimum absolute atomic E-state index is 0.00345. The van der Waals surface area contributed by atoms with Gasteiger partial charge < -0.3 is 4.74 Å². The lowest BCUT2D eigenvalue weighted by molar-refractivity contribution is -0.149. The third-order valence-corrected chi connectivity index (χ3v) is 2.32. The normalized spacial score (nSPS) is 14.1. The second kappa shape index (κ2) is 5.42. The average Bonchev–Trinajstić information content (AvgIpc) is 1.98. The molecule has 3 heteroatoms. The molecule has 2 nitrogen and oxygen atoms in total. The Bertz CT molecular complexity index is 182. The first-order valence-corrected chi connectivity index (χ1v) is 5.45. The van der Waals surface area contributed by atoms with Crippen molar-refractivity contribution >= 4 is 13.8 Å². The van der Waals surface area contributed by atoms with E-state index >= 15 is 0 Å². The van der Waals surface area contributed by atoms with Crippen molar-refractivity contribution in [1.29, 1.82) is 0 Å². The first-order valence-electron chi connectivity index (χ1n) is 5.45. The van der Waals surface area contributed by atoms with Crippen molar-refractivity contribution in [3.05, 3.63) is 0 Å². The molecule has 0 aliphatic heterocycles. The molecule has 0 aromatic heterocycles. The van der Waals surface area contributed by atoms with Crippen LogP contribution in [0.15, 0.2) is 0 Å². The highest BCUT2D eigenvalue weighted by Crippen LogP contribution is 2.35. The summed E-state index contributed by atoms with van der Waals surface area (Å²) >= 11 is 0. The summed E-state index contributed by atoms with van der Waals surface area (Å²) in [7, 11) is 2.09. The maximum atomic E-state index is 11.7. The van der Waals surface area contributed by atoms with Gasteiger partial charge in [-0.15, -0.1) is 0 Å². The van der Waals surface area contributed by atoms with E-state index in [-0.39, 0.29) is 17.2 Å². The molecule has 14 heavy (non-hydrogen) atoms. The van der Waals surface area contributed by atoms with E-state index in [9.17, 15) is 4.79 Å². The van der Waals surface area contributed by atoms with Crippen molar-refractivity contribution in [2.75, 3.05) is 6.61 Å². The topological polar surface area (TPSA) is 26.3 Å². The Morgan fingerprint density at radius 2 is 1.93 bits per heavy atom. The molecule has 0 aliphatic rings. The summed E-state index contributed by atoms with van der Waals surface area (Å²) in [5, 5.41) is -0.00345. The first kappa shape index (κ1) is 13.5. The Kier molecular flexibility index (Phi) is 5.24.